The number of hydrogen-bond donors (Lipinski definition) is 0. The van der Waals surface area contributed by atoms with Gasteiger partial charge in [0.2, 0.25) is 0 Å². The van der Waals surface area contributed by atoms with Crippen molar-refractivity contribution in [1.82, 2.24) is 9.55 Å². The van der Waals surface area contributed by atoms with E-state index >= 15 is 0 Å². The van der Waals surface area contributed by atoms with E-state index in [0.29, 0.717) is 5.92 Å². The third-order valence-corrected chi connectivity index (χ3v) is 3.27. The van der Waals surface area contributed by atoms with Gasteiger partial charge < -0.3 is 4.57 Å². The fourth-order valence-corrected chi connectivity index (χ4v) is 2.33. The molecule has 3 rings (SSSR count). The summed E-state index contributed by atoms with van der Waals surface area (Å²) in [6.07, 6.45) is 3.95. The van der Waals surface area contributed by atoms with Gasteiger partial charge in [0.15, 0.2) is 0 Å². The van der Waals surface area contributed by atoms with E-state index in [4.69, 9.17) is 0 Å². The Morgan fingerprint density at radius 3 is 2.67 bits per heavy atom. The topological polar surface area (TPSA) is 17.8 Å². The highest BCUT2D eigenvalue weighted by Crippen LogP contribution is 2.25. The Labute approximate surface area is 107 Å². The minimum absolute atomic E-state index is 0.467. The fraction of sp³-hybridized carbons (Fsp3) is 0.188. The van der Waals surface area contributed by atoms with Gasteiger partial charge in [-0.3, -0.25) is 0 Å². The van der Waals surface area contributed by atoms with Crippen molar-refractivity contribution in [3.05, 3.63) is 60.4 Å². The third kappa shape index (κ3) is 1.70. The number of pyridine rings is 1. The molecule has 0 radical (unpaired) electrons. The predicted molar refractivity (Wildman–Crippen MR) is 75.2 cm³/mol. The summed E-state index contributed by atoms with van der Waals surface area (Å²) in [6.45, 7) is 4.40. The van der Waals surface area contributed by atoms with E-state index in [9.17, 15) is 0 Å². The molecule has 3 aromatic rings. The van der Waals surface area contributed by atoms with Crippen molar-refractivity contribution >= 4 is 10.9 Å². The Morgan fingerprint density at radius 1 is 1.00 bits per heavy atom. The number of hydrogen-bond acceptors (Lipinski definition) is 1. The lowest BCUT2D eigenvalue weighted by atomic mass is 10.0. The minimum Gasteiger partial charge on any atom is -0.301 e. The van der Waals surface area contributed by atoms with Gasteiger partial charge in [-0.15, -0.1) is 0 Å². The van der Waals surface area contributed by atoms with Crippen LogP contribution in [0.25, 0.3) is 16.7 Å². The summed E-state index contributed by atoms with van der Waals surface area (Å²) >= 11 is 0. The molecule has 0 aliphatic heterocycles. The lowest BCUT2D eigenvalue weighted by Crippen LogP contribution is -2.02. The molecule has 0 saturated carbocycles. The van der Waals surface area contributed by atoms with Crippen molar-refractivity contribution in [1.29, 1.82) is 0 Å². The molecule has 0 saturated heterocycles. The summed E-state index contributed by atoms with van der Waals surface area (Å²) in [4.78, 5) is 4.56. The summed E-state index contributed by atoms with van der Waals surface area (Å²) in [7, 11) is 0. The normalized spacial score (nSPS) is 11.3. The maximum Gasteiger partial charge on any atom is 0.140 e. The molecule has 0 aliphatic rings. The van der Waals surface area contributed by atoms with Crippen molar-refractivity contribution in [2.24, 2.45) is 0 Å². The highest BCUT2D eigenvalue weighted by molar-refractivity contribution is 5.81. The van der Waals surface area contributed by atoms with Gasteiger partial charge in [-0.1, -0.05) is 38.1 Å². The zero-order valence-electron chi connectivity index (χ0n) is 10.7. The maximum atomic E-state index is 4.56. The lowest BCUT2D eigenvalue weighted by molar-refractivity contribution is 0.835. The molecule has 2 nitrogen and oxygen atoms in total. The highest BCUT2D eigenvalue weighted by Gasteiger charge is 2.10. The van der Waals surface area contributed by atoms with E-state index in [-0.39, 0.29) is 0 Å². The van der Waals surface area contributed by atoms with Crippen LogP contribution in [0.15, 0.2) is 54.9 Å². The standard InChI is InChI=1S/C16H16N2/c1-12(2)14-7-5-10-17-16(14)18-11-9-13-6-3-4-8-15(13)18/h3-12H,1-2H3. The number of nitrogens with zero attached hydrogens (tertiary/aromatic N) is 2. The summed E-state index contributed by atoms with van der Waals surface area (Å²) in [5, 5.41) is 1.25. The fourth-order valence-electron chi connectivity index (χ4n) is 2.33. The number of para-hydroxylation sites is 1. The molecule has 0 unspecified atom stereocenters. The van der Waals surface area contributed by atoms with Gasteiger partial charge in [-0.25, -0.2) is 4.98 Å². The molecule has 0 bridgehead atoms. The van der Waals surface area contributed by atoms with Crippen LogP contribution >= 0.6 is 0 Å². The number of aromatic nitrogens is 2. The third-order valence-electron chi connectivity index (χ3n) is 3.27. The van der Waals surface area contributed by atoms with Crippen LogP contribution in [-0.2, 0) is 0 Å². The van der Waals surface area contributed by atoms with Gasteiger partial charge in [0.1, 0.15) is 5.82 Å². The number of rotatable bonds is 2. The van der Waals surface area contributed by atoms with Crippen LogP contribution < -0.4 is 0 Å². The summed E-state index contributed by atoms with van der Waals surface area (Å²) in [5.41, 5.74) is 2.48. The van der Waals surface area contributed by atoms with Crippen molar-refractivity contribution in [3.8, 4) is 5.82 Å². The SMILES string of the molecule is CC(C)c1cccnc1-n1ccc2ccccc21. The van der Waals surface area contributed by atoms with Crippen LogP contribution in [0.5, 0.6) is 0 Å². The van der Waals surface area contributed by atoms with E-state index < -0.39 is 0 Å². The van der Waals surface area contributed by atoms with Gasteiger partial charge in [-0.2, -0.15) is 0 Å². The summed E-state index contributed by atoms with van der Waals surface area (Å²) in [6, 6.07) is 14.7. The zero-order chi connectivity index (χ0) is 12.5. The average Bonchev–Trinajstić information content (AvgIpc) is 2.82. The van der Waals surface area contributed by atoms with E-state index in [0.717, 1.165) is 5.82 Å². The Kier molecular flexibility index (Phi) is 2.63. The molecule has 18 heavy (non-hydrogen) atoms. The van der Waals surface area contributed by atoms with Crippen molar-refractivity contribution < 1.29 is 0 Å². The highest BCUT2D eigenvalue weighted by atomic mass is 15.1. The zero-order valence-corrected chi connectivity index (χ0v) is 10.7. The molecule has 0 atom stereocenters. The first-order valence-electron chi connectivity index (χ1n) is 6.29. The van der Waals surface area contributed by atoms with E-state index in [1.165, 1.54) is 16.5 Å². The van der Waals surface area contributed by atoms with Gasteiger partial charge in [0.05, 0.1) is 5.52 Å². The molecule has 0 spiro atoms. The second kappa shape index (κ2) is 4.30. The smallest absolute Gasteiger partial charge is 0.140 e. The van der Waals surface area contributed by atoms with Crippen LogP contribution in [-0.4, -0.2) is 9.55 Å². The molecule has 90 valence electrons. The van der Waals surface area contributed by atoms with Gasteiger partial charge in [-0.05, 0) is 35.1 Å². The van der Waals surface area contributed by atoms with E-state index in [1.54, 1.807) is 0 Å². The quantitative estimate of drug-likeness (QED) is 0.653. The molecule has 0 N–H and O–H groups in total. The minimum atomic E-state index is 0.467. The molecular weight excluding hydrogens is 220 g/mol. The second-order valence-electron chi connectivity index (χ2n) is 4.82. The Balaban J connectivity index is 2.27. The van der Waals surface area contributed by atoms with Crippen LogP contribution in [0, 0.1) is 0 Å². The van der Waals surface area contributed by atoms with Crippen molar-refractivity contribution in [2.75, 3.05) is 0 Å². The van der Waals surface area contributed by atoms with Gasteiger partial charge in [0.25, 0.3) is 0 Å². The van der Waals surface area contributed by atoms with Crippen molar-refractivity contribution in [2.45, 2.75) is 19.8 Å². The van der Waals surface area contributed by atoms with Crippen LogP contribution in [0.4, 0.5) is 0 Å². The molecule has 2 heteroatoms. The Bertz CT molecular complexity index is 680. The summed E-state index contributed by atoms with van der Waals surface area (Å²) in [5.74, 6) is 1.50. The van der Waals surface area contributed by atoms with Gasteiger partial charge in [0, 0.05) is 12.4 Å². The predicted octanol–water partition coefficient (Wildman–Crippen LogP) is 4.15. The first-order chi connectivity index (χ1) is 8.77. The lowest BCUT2D eigenvalue weighted by Gasteiger charge is -2.13. The van der Waals surface area contributed by atoms with Crippen LogP contribution in [0.3, 0.4) is 0 Å². The number of benzene rings is 1. The first-order valence-corrected chi connectivity index (χ1v) is 6.29. The maximum absolute atomic E-state index is 4.56. The molecule has 0 fully saturated rings. The Hall–Kier alpha value is -2.09. The van der Waals surface area contributed by atoms with E-state index in [1.807, 2.05) is 12.3 Å². The van der Waals surface area contributed by atoms with E-state index in [2.05, 4.69) is 66.0 Å². The van der Waals surface area contributed by atoms with Gasteiger partial charge >= 0.3 is 0 Å². The first kappa shape index (κ1) is 11.0. The van der Waals surface area contributed by atoms with Crippen molar-refractivity contribution in [3.63, 3.8) is 0 Å². The molecule has 2 heterocycles. The monoisotopic (exact) mass is 236 g/mol. The molecule has 0 aliphatic carbocycles. The average molecular weight is 236 g/mol. The molecule has 1 aromatic carbocycles. The largest absolute Gasteiger partial charge is 0.301 e. The molecular formula is C16H16N2. The Morgan fingerprint density at radius 2 is 1.83 bits per heavy atom. The van der Waals surface area contributed by atoms with Crippen LogP contribution in [0.2, 0.25) is 0 Å². The van der Waals surface area contributed by atoms with Crippen LogP contribution in [0.1, 0.15) is 25.3 Å². The molecule has 2 aromatic heterocycles. The second-order valence-corrected chi connectivity index (χ2v) is 4.82. The summed E-state index contributed by atoms with van der Waals surface area (Å²) < 4.78 is 2.17. The molecule has 0 amide bonds. The number of fused-ring (bicyclic) bond motifs is 1.